The molecule has 0 rings (SSSR count). The highest BCUT2D eigenvalue weighted by Gasteiger charge is 2.24. The summed E-state index contributed by atoms with van der Waals surface area (Å²) in [4.78, 5) is 11.7. The third-order valence-corrected chi connectivity index (χ3v) is 4.13. The molecule has 0 atom stereocenters. The topological polar surface area (TPSA) is 38.3 Å². The van der Waals surface area contributed by atoms with Crippen molar-refractivity contribution in [1.29, 1.82) is 0 Å². The Kier molecular flexibility index (Phi) is 8.48. The van der Waals surface area contributed by atoms with Crippen LogP contribution in [0, 0.1) is 0 Å². The van der Waals surface area contributed by atoms with Crippen LogP contribution in [0.2, 0.25) is 0 Å². The van der Waals surface area contributed by atoms with Crippen LogP contribution in [0.15, 0.2) is 0 Å². The number of amides is 1. The molecule has 0 heterocycles. The van der Waals surface area contributed by atoms with Gasteiger partial charge in [0.05, 0.1) is 0 Å². The van der Waals surface area contributed by atoms with Crippen molar-refractivity contribution < 1.29 is 9.53 Å². The summed E-state index contributed by atoms with van der Waals surface area (Å²) >= 11 is -0.0136. The first-order chi connectivity index (χ1) is 7.89. The van der Waals surface area contributed by atoms with Crippen LogP contribution in [0.25, 0.3) is 0 Å². The van der Waals surface area contributed by atoms with Crippen molar-refractivity contribution in [3.63, 3.8) is 0 Å². The molecule has 0 unspecified atom stereocenters. The van der Waals surface area contributed by atoms with E-state index in [9.17, 15) is 4.79 Å². The summed E-state index contributed by atoms with van der Waals surface area (Å²) in [5.41, 5.74) is -0.408. The van der Waals surface area contributed by atoms with Crippen molar-refractivity contribution in [2.24, 2.45) is 0 Å². The molecule has 0 radical (unpaired) electrons. The fraction of sp³-hybridized carbons (Fsp3) is 0.923. The highest BCUT2D eigenvalue weighted by atomic mass is 32.2. The normalized spacial score (nSPS) is 11.6. The zero-order valence-corrected chi connectivity index (χ0v) is 12.8. The van der Waals surface area contributed by atoms with E-state index < -0.39 is 5.60 Å². The molecule has 0 spiro atoms. The van der Waals surface area contributed by atoms with Gasteiger partial charge in [0.15, 0.2) is 0 Å². The third-order valence-electron chi connectivity index (χ3n) is 2.12. The highest BCUT2D eigenvalue weighted by Crippen LogP contribution is 2.08. The Morgan fingerprint density at radius 3 is 1.94 bits per heavy atom. The van der Waals surface area contributed by atoms with Crippen molar-refractivity contribution in [2.45, 2.75) is 65.9 Å². The maximum atomic E-state index is 11.7. The lowest BCUT2D eigenvalue weighted by molar-refractivity contribution is 0.0573. The number of carbonyl (C=O) groups excluding carboxylic acids is 1. The van der Waals surface area contributed by atoms with E-state index in [-0.39, 0.29) is 17.2 Å². The van der Waals surface area contributed by atoms with Crippen LogP contribution in [-0.2, 0) is 15.8 Å². The maximum absolute atomic E-state index is 11.7. The fourth-order valence-electron chi connectivity index (χ4n) is 1.26. The zero-order valence-electron chi connectivity index (χ0n) is 12.0. The molecule has 1 N–H and O–H groups in total. The summed E-state index contributed by atoms with van der Waals surface area (Å²) in [5.74, 6) is 2.16. The van der Waals surface area contributed by atoms with Gasteiger partial charge in [-0.1, -0.05) is 26.7 Å². The Labute approximate surface area is 109 Å². The second-order valence-corrected chi connectivity index (χ2v) is 7.22. The molecule has 102 valence electrons. The lowest BCUT2D eigenvalue weighted by atomic mass is 10.2. The number of carbonyl (C=O) groups is 1. The highest BCUT2D eigenvalue weighted by molar-refractivity contribution is 7.95. The van der Waals surface area contributed by atoms with E-state index in [0.29, 0.717) is 0 Å². The van der Waals surface area contributed by atoms with Gasteiger partial charge in [0.25, 0.3) is 0 Å². The average molecular weight is 262 g/mol. The van der Waals surface area contributed by atoms with E-state index in [1.807, 2.05) is 20.8 Å². The largest absolute Gasteiger partial charge is 0.449 e. The van der Waals surface area contributed by atoms with Gasteiger partial charge in [-0.2, -0.15) is 0 Å². The SMILES string of the molecule is CCCC[S+](CCCC)NC(=O)OC(C)(C)C. The van der Waals surface area contributed by atoms with Crippen molar-refractivity contribution in [3.05, 3.63) is 0 Å². The Morgan fingerprint density at radius 1 is 1.12 bits per heavy atom. The van der Waals surface area contributed by atoms with Gasteiger partial charge in [-0.15, -0.1) is 4.72 Å². The van der Waals surface area contributed by atoms with E-state index in [1.54, 1.807) is 0 Å². The first-order valence-corrected chi connectivity index (χ1v) is 8.12. The van der Waals surface area contributed by atoms with Gasteiger partial charge < -0.3 is 4.74 Å². The molecule has 0 aromatic carbocycles. The monoisotopic (exact) mass is 262 g/mol. The Bertz CT molecular complexity index is 206. The quantitative estimate of drug-likeness (QED) is 0.711. The lowest BCUT2D eigenvalue weighted by Gasteiger charge is -2.19. The molecule has 17 heavy (non-hydrogen) atoms. The Morgan fingerprint density at radius 2 is 1.59 bits per heavy atom. The zero-order chi connectivity index (χ0) is 13.3. The second kappa shape index (κ2) is 8.67. The molecule has 0 bridgehead atoms. The molecule has 1 amide bonds. The van der Waals surface area contributed by atoms with Crippen molar-refractivity contribution in [2.75, 3.05) is 11.5 Å². The van der Waals surface area contributed by atoms with Crippen LogP contribution >= 0.6 is 0 Å². The summed E-state index contributed by atoms with van der Waals surface area (Å²) in [6, 6.07) is 0. The molecule has 0 aliphatic rings. The second-order valence-electron chi connectivity index (χ2n) is 5.21. The predicted molar refractivity (Wildman–Crippen MR) is 76.3 cm³/mol. The van der Waals surface area contributed by atoms with Gasteiger partial charge in [-0.3, -0.25) is 0 Å². The van der Waals surface area contributed by atoms with Gasteiger partial charge in [0.2, 0.25) is 0 Å². The van der Waals surface area contributed by atoms with Crippen molar-refractivity contribution in [1.82, 2.24) is 4.72 Å². The summed E-state index contributed by atoms with van der Waals surface area (Å²) < 4.78 is 8.29. The predicted octanol–water partition coefficient (Wildman–Crippen LogP) is 3.64. The van der Waals surface area contributed by atoms with Crippen molar-refractivity contribution >= 4 is 17.2 Å². The summed E-state index contributed by atoms with van der Waals surface area (Å²) in [7, 11) is 0. The van der Waals surface area contributed by atoms with E-state index in [1.165, 1.54) is 25.7 Å². The van der Waals surface area contributed by atoms with Crippen LogP contribution in [0.4, 0.5) is 4.79 Å². The molecular formula is C13H28NO2S+. The Hall–Kier alpha value is -0.380. The summed E-state index contributed by atoms with van der Waals surface area (Å²) in [5, 5.41) is 0. The number of hydrogen-bond acceptors (Lipinski definition) is 2. The maximum Gasteiger partial charge on any atom is 0.449 e. The van der Waals surface area contributed by atoms with E-state index in [0.717, 1.165) is 11.5 Å². The van der Waals surface area contributed by atoms with Crippen LogP contribution in [-0.4, -0.2) is 23.2 Å². The van der Waals surface area contributed by atoms with Crippen LogP contribution in [0.1, 0.15) is 60.3 Å². The van der Waals surface area contributed by atoms with E-state index >= 15 is 0 Å². The number of ether oxygens (including phenoxy) is 1. The first-order valence-electron chi connectivity index (χ1n) is 6.56. The van der Waals surface area contributed by atoms with Gasteiger partial charge in [-0.25, -0.2) is 4.79 Å². The van der Waals surface area contributed by atoms with E-state index in [2.05, 4.69) is 18.6 Å². The minimum atomic E-state index is -0.408. The standard InChI is InChI=1S/C13H27NO2S/c1-6-8-10-17(11-9-7-2)14-12(15)16-13(3,4)5/h6-11H2,1-5H3/p+1. The molecule has 4 heteroatoms. The van der Waals surface area contributed by atoms with Gasteiger partial charge in [0, 0.05) is 0 Å². The van der Waals surface area contributed by atoms with Gasteiger partial charge in [-0.05, 0) is 33.6 Å². The Balaban J connectivity index is 4.07. The average Bonchev–Trinajstić information content (AvgIpc) is 2.19. The number of rotatable bonds is 7. The van der Waals surface area contributed by atoms with Gasteiger partial charge in [0.1, 0.15) is 28.2 Å². The minimum absolute atomic E-state index is 0.0136. The molecule has 0 aliphatic carbocycles. The van der Waals surface area contributed by atoms with Crippen LogP contribution < -0.4 is 4.72 Å². The minimum Gasteiger partial charge on any atom is -0.441 e. The molecule has 0 aromatic heterocycles. The first kappa shape index (κ1) is 16.6. The van der Waals surface area contributed by atoms with E-state index in [4.69, 9.17) is 4.74 Å². The molecule has 0 aromatic rings. The smallest absolute Gasteiger partial charge is 0.441 e. The number of nitrogens with one attached hydrogen (secondary N) is 1. The fourth-order valence-corrected chi connectivity index (χ4v) is 3.22. The number of unbranched alkanes of at least 4 members (excludes halogenated alkanes) is 2. The van der Waals surface area contributed by atoms with Gasteiger partial charge >= 0.3 is 6.09 Å². The molecule has 0 fully saturated rings. The van der Waals surface area contributed by atoms with Crippen molar-refractivity contribution in [3.8, 4) is 0 Å². The molecule has 0 saturated heterocycles. The molecule has 0 saturated carbocycles. The molecular weight excluding hydrogens is 234 g/mol. The molecule has 3 nitrogen and oxygen atoms in total. The third kappa shape index (κ3) is 10.5. The summed E-state index contributed by atoms with van der Waals surface area (Å²) in [6.45, 7) is 10.0. The summed E-state index contributed by atoms with van der Waals surface area (Å²) in [6.07, 6.45) is 4.41. The van der Waals surface area contributed by atoms with Crippen LogP contribution in [0.5, 0.6) is 0 Å². The van der Waals surface area contributed by atoms with Crippen LogP contribution in [0.3, 0.4) is 0 Å². The molecule has 0 aliphatic heterocycles. The number of hydrogen-bond donors (Lipinski definition) is 1. The lowest BCUT2D eigenvalue weighted by Crippen LogP contribution is -2.39.